The second-order valence-corrected chi connectivity index (χ2v) is 5.77. The van der Waals surface area contributed by atoms with E-state index in [1.54, 1.807) is 0 Å². The van der Waals surface area contributed by atoms with Crippen LogP contribution in [-0.2, 0) is 11.2 Å². The van der Waals surface area contributed by atoms with Crippen molar-refractivity contribution in [1.29, 1.82) is 0 Å². The van der Waals surface area contributed by atoms with Crippen LogP contribution in [0, 0.1) is 5.92 Å². The molecule has 1 aromatic carbocycles. The van der Waals surface area contributed by atoms with Crippen molar-refractivity contribution in [1.82, 2.24) is 5.32 Å². The first-order valence-electron chi connectivity index (χ1n) is 7.38. The van der Waals surface area contributed by atoms with Gasteiger partial charge in [-0.3, -0.25) is 4.79 Å². The number of hydrogen-bond acceptors (Lipinski definition) is 4. The standard InChI is InChI=1S/C16H23N3O2/c1-11(2)9-18-15(20)13-6-3-12(4-7-13)5-8-14-10-21-16(17)19-14/h3-4,6-7,11,14H,5,8-10H2,1-2H3,(H2,17,19)(H,18,20). The molecule has 114 valence electrons. The fourth-order valence-corrected chi connectivity index (χ4v) is 2.14. The molecule has 0 radical (unpaired) electrons. The Bertz CT molecular complexity index is 509. The number of hydrogen-bond donors (Lipinski definition) is 2. The monoisotopic (exact) mass is 289 g/mol. The minimum absolute atomic E-state index is 0.0168. The molecule has 1 amide bonds. The lowest BCUT2D eigenvalue weighted by Crippen LogP contribution is -2.27. The van der Waals surface area contributed by atoms with Crippen LogP contribution in [0.15, 0.2) is 29.3 Å². The summed E-state index contributed by atoms with van der Waals surface area (Å²) in [5.41, 5.74) is 7.37. The van der Waals surface area contributed by atoms with E-state index >= 15 is 0 Å². The van der Waals surface area contributed by atoms with Gasteiger partial charge in [0.05, 0.1) is 6.04 Å². The van der Waals surface area contributed by atoms with Crippen molar-refractivity contribution in [2.24, 2.45) is 16.6 Å². The van der Waals surface area contributed by atoms with Gasteiger partial charge in [-0.15, -0.1) is 0 Å². The molecule has 0 spiro atoms. The van der Waals surface area contributed by atoms with E-state index in [4.69, 9.17) is 10.5 Å². The minimum atomic E-state index is -0.0168. The molecule has 1 atom stereocenters. The molecule has 0 aliphatic carbocycles. The fraction of sp³-hybridized carbons (Fsp3) is 0.500. The highest BCUT2D eigenvalue weighted by atomic mass is 16.5. The van der Waals surface area contributed by atoms with E-state index in [-0.39, 0.29) is 18.0 Å². The summed E-state index contributed by atoms with van der Waals surface area (Å²) in [5, 5.41) is 2.91. The summed E-state index contributed by atoms with van der Waals surface area (Å²) < 4.78 is 5.13. The zero-order valence-electron chi connectivity index (χ0n) is 12.6. The van der Waals surface area contributed by atoms with E-state index in [0.717, 1.165) is 12.8 Å². The average Bonchev–Trinajstić information content (AvgIpc) is 2.89. The lowest BCUT2D eigenvalue weighted by molar-refractivity contribution is 0.0949. The van der Waals surface area contributed by atoms with Crippen LogP contribution in [0.5, 0.6) is 0 Å². The van der Waals surface area contributed by atoms with Crippen molar-refractivity contribution >= 4 is 11.9 Å². The molecule has 1 aromatic rings. The van der Waals surface area contributed by atoms with Gasteiger partial charge in [0.2, 0.25) is 0 Å². The second-order valence-electron chi connectivity index (χ2n) is 5.77. The zero-order valence-corrected chi connectivity index (χ0v) is 12.6. The summed E-state index contributed by atoms with van der Waals surface area (Å²) in [4.78, 5) is 16.1. The van der Waals surface area contributed by atoms with Crippen LogP contribution in [-0.4, -0.2) is 31.1 Å². The normalized spacial score (nSPS) is 17.5. The molecule has 0 fully saturated rings. The summed E-state index contributed by atoms with van der Waals surface area (Å²) in [6.07, 6.45) is 1.80. The predicted molar refractivity (Wildman–Crippen MR) is 83.3 cm³/mol. The van der Waals surface area contributed by atoms with Gasteiger partial charge in [-0.25, -0.2) is 4.99 Å². The van der Waals surface area contributed by atoms with Crippen molar-refractivity contribution in [3.63, 3.8) is 0 Å². The highest BCUT2D eigenvalue weighted by Crippen LogP contribution is 2.12. The lowest BCUT2D eigenvalue weighted by atomic mass is 10.0. The fourth-order valence-electron chi connectivity index (χ4n) is 2.14. The van der Waals surface area contributed by atoms with Gasteiger partial charge in [-0.05, 0) is 36.5 Å². The number of benzene rings is 1. The highest BCUT2D eigenvalue weighted by molar-refractivity contribution is 5.94. The number of aliphatic imine (C=N–C) groups is 1. The van der Waals surface area contributed by atoms with Crippen LogP contribution in [0.4, 0.5) is 0 Å². The van der Waals surface area contributed by atoms with E-state index in [1.807, 2.05) is 24.3 Å². The van der Waals surface area contributed by atoms with Gasteiger partial charge < -0.3 is 15.8 Å². The summed E-state index contributed by atoms with van der Waals surface area (Å²) in [5.74, 6) is 0.437. The van der Waals surface area contributed by atoms with Gasteiger partial charge >= 0.3 is 0 Å². The van der Waals surface area contributed by atoms with Crippen molar-refractivity contribution in [2.75, 3.05) is 13.2 Å². The number of ether oxygens (including phenoxy) is 1. The molecule has 0 saturated heterocycles. The first-order chi connectivity index (χ1) is 10.0. The predicted octanol–water partition coefficient (Wildman–Crippen LogP) is 1.72. The first-order valence-corrected chi connectivity index (χ1v) is 7.38. The number of aryl methyl sites for hydroxylation is 1. The third-order valence-corrected chi connectivity index (χ3v) is 3.39. The van der Waals surface area contributed by atoms with Gasteiger partial charge in [-0.1, -0.05) is 26.0 Å². The summed E-state index contributed by atoms with van der Waals surface area (Å²) in [6.45, 7) is 5.42. The Morgan fingerprint density at radius 1 is 1.43 bits per heavy atom. The Balaban J connectivity index is 1.82. The first kappa shape index (κ1) is 15.4. The number of rotatable bonds is 6. The van der Waals surface area contributed by atoms with E-state index in [2.05, 4.69) is 24.2 Å². The van der Waals surface area contributed by atoms with E-state index < -0.39 is 0 Å². The molecular weight excluding hydrogens is 266 g/mol. The van der Waals surface area contributed by atoms with Gasteiger partial charge in [0.15, 0.2) is 0 Å². The van der Waals surface area contributed by atoms with Crippen LogP contribution in [0.2, 0.25) is 0 Å². The Hall–Kier alpha value is -2.04. The molecule has 1 heterocycles. The maximum Gasteiger partial charge on any atom is 0.282 e. The smallest absolute Gasteiger partial charge is 0.282 e. The molecule has 1 unspecified atom stereocenters. The third kappa shape index (κ3) is 4.77. The van der Waals surface area contributed by atoms with Crippen molar-refractivity contribution in [3.05, 3.63) is 35.4 Å². The van der Waals surface area contributed by atoms with Crippen molar-refractivity contribution < 1.29 is 9.53 Å². The van der Waals surface area contributed by atoms with E-state index in [0.29, 0.717) is 24.6 Å². The Labute approximate surface area is 125 Å². The summed E-state index contributed by atoms with van der Waals surface area (Å²) in [6, 6.07) is 8.16. The minimum Gasteiger partial charge on any atom is -0.463 e. The quantitative estimate of drug-likeness (QED) is 0.837. The number of amides is 1. The molecule has 5 heteroatoms. The summed E-state index contributed by atoms with van der Waals surface area (Å²) >= 11 is 0. The van der Waals surface area contributed by atoms with Crippen LogP contribution in [0.3, 0.4) is 0 Å². The van der Waals surface area contributed by atoms with Gasteiger partial charge in [-0.2, -0.15) is 0 Å². The van der Waals surface area contributed by atoms with Crippen LogP contribution in [0.25, 0.3) is 0 Å². The third-order valence-electron chi connectivity index (χ3n) is 3.39. The molecule has 0 saturated carbocycles. The molecule has 21 heavy (non-hydrogen) atoms. The Morgan fingerprint density at radius 3 is 2.71 bits per heavy atom. The zero-order chi connectivity index (χ0) is 15.2. The van der Waals surface area contributed by atoms with E-state index in [1.165, 1.54) is 5.56 Å². The molecule has 0 aromatic heterocycles. The van der Waals surface area contributed by atoms with E-state index in [9.17, 15) is 4.79 Å². The topological polar surface area (TPSA) is 76.7 Å². The van der Waals surface area contributed by atoms with Crippen molar-refractivity contribution in [2.45, 2.75) is 32.7 Å². The largest absolute Gasteiger partial charge is 0.463 e. The molecule has 2 rings (SSSR count). The van der Waals surface area contributed by atoms with Gasteiger partial charge in [0, 0.05) is 12.1 Å². The lowest BCUT2D eigenvalue weighted by Gasteiger charge is -2.09. The molecule has 3 N–H and O–H groups in total. The molecule has 1 aliphatic rings. The van der Waals surface area contributed by atoms with Gasteiger partial charge in [0.1, 0.15) is 6.61 Å². The Kier molecular flexibility index (Phi) is 5.20. The Morgan fingerprint density at radius 2 is 2.14 bits per heavy atom. The maximum absolute atomic E-state index is 11.9. The van der Waals surface area contributed by atoms with Gasteiger partial charge in [0.25, 0.3) is 11.9 Å². The molecular formula is C16H23N3O2. The maximum atomic E-state index is 11.9. The number of nitrogens with zero attached hydrogens (tertiary/aromatic N) is 1. The second kappa shape index (κ2) is 7.11. The average molecular weight is 289 g/mol. The molecule has 5 nitrogen and oxygen atoms in total. The van der Waals surface area contributed by atoms with Crippen molar-refractivity contribution in [3.8, 4) is 0 Å². The number of amidine groups is 1. The number of nitrogens with two attached hydrogens (primary N) is 1. The van der Waals surface area contributed by atoms with Crippen LogP contribution in [0.1, 0.15) is 36.2 Å². The number of nitrogens with one attached hydrogen (secondary N) is 1. The number of carbonyl (C=O) groups excluding carboxylic acids is 1. The SMILES string of the molecule is CC(C)CNC(=O)c1ccc(CCC2COC(N)=N2)cc1. The number of carbonyl (C=O) groups is 1. The van der Waals surface area contributed by atoms with Crippen LogP contribution < -0.4 is 11.1 Å². The van der Waals surface area contributed by atoms with Crippen LogP contribution >= 0.6 is 0 Å². The molecule has 1 aliphatic heterocycles. The summed E-state index contributed by atoms with van der Waals surface area (Å²) in [7, 11) is 0. The molecule has 0 bridgehead atoms. The highest BCUT2D eigenvalue weighted by Gasteiger charge is 2.16.